The molecule has 0 radical (unpaired) electrons. The topological polar surface area (TPSA) is 15.8 Å². The highest BCUT2D eigenvalue weighted by Crippen LogP contribution is 2.39. The minimum atomic E-state index is 0.341. The van der Waals surface area contributed by atoms with E-state index < -0.39 is 0 Å². The Morgan fingerprint density at radius 2 is 1.85 bits per heavy atom. The highest BCUT2D eigenvalue weighted by atomic mass is 35.5. The first-order chi connectivity index (χ1) is 9.79. The van der Waals surface area contributed by atoms with Gasteiger partial charge in [-0.15, -0.1) is 11.8 Å². The van der Waals surface area contributed by atoms with E-state index in [1.807, 2.05) is 23.9 Å². The number of aromatic amines is 1. The molecule has 0 aliphatic heterocycles. The van der Waals surface area contributed by atoms with Gasteiger partial charge in [0.25, 0.3) is 0 Å². The second kappa shape index (κ2) is 5.94. The molecule has 2 aromatic carbocycles. The average molecular weight is 302 g/mol. The Bertz CT molecular complexity index is 702. The van der Waals surface area contributed by atoms with Gasteiger partial charge in [0.15, 0.2) is 0 Å². The molecule has 20 heavy (non-hydrogen) atoms. The molecule has 0 saturated heterocycles. The van der Waals surface area contributed by atoms with Crippen LogP contribution in [0.2, 0.25) is 5.02 Å². The van der Waals surface area contributed by atoms with Gasteiger partial charge >= 0.3 is 0 Å². The molecule has 0 bridgehead atoms. The molecule has 1 unspecified atom stereocenters. The molecule has 1 aromatic heterocycles. The Hall–Kier alpha value is -1.38. The molecule has 1 heterocycles. The van der Waals surface area contributed by atoms with Crippen LogP contribution in [0.1, 0.15) is 23.3 Å². The number of H-pyrrole nitrogens is 1. The number of hydrogen-bond donors (Lipinski definition) is 1. The fourth-order valence-corrected chi connectivity index (χ4v) is 3.66. The van der Waals surface area contributed by atoms with Crippen molar-refractivity contribution in [3.63, 3.8) is 0 Å². The lowest BCUT2D eigenvalue weighted by Crippen LogP contribution is -1.96. The fourth-order valence-electron chi connectivity index (χ4n) is 2.48. The molecule has 0 saturated carbocycles. The third-order valence-corrected chi connectivity index (χ3v) is 4.85. The molecule has 1 atom stereocenters. The number of nitrogens with one attached hydrogen (secondary N) is 1. The van der Waals surface area contributed by atoms with E-state index in [2.05, 4.69) is 54.5 Å². The summed E-state index contributed by atoms with van der Waals surface area (Å²) in [6.07, 6.45) is 2.13. The number of para-hydroxylation sites is 1. The summed E-state index contributed by atoms with van der Waals surface area (Å²) in [6, 6.07) is 16.6. The number of halogens is 1. The van der Waals surface area contributed by atoms with Crippen LogP contribution in [0.15, 0.2) is 54.7 Å². The predicted molar refractivity (Wildman–Crippen MR) is 89.7 cm³/mol. The van der Waals surface area contributed by atoms with Gasteiger partial charge in [0.1, 0.15) is 0 Å². The summed E-state index contributed by atoms with van der Waals surface area (Å²) in [5, 5.41) is 2.43. The quantitative estimate of drug-likeness (QED) is 0.657. The summed E-state index contributed by atoms with van der Waals surface area (Å²) in [6.45, 7) is 2.20. The lowest BCUT2D eigenvalue weighted by molar-refractivity contribution is 1.16. The standard InChI is InChI=1S/C17H16ClNS/c1-2-20-17(12-7-9-13(18)10-8-12)15-11-19-16-6-4-3-5-14(15)16/h3-11,17,19H,2H2,1H3. The molecule has 0 aliphatic rings. The highest BCUT2D eigenvalue weighted by molar-refractivity contribution is 7.99. The maximum atomic E-state index is 6.00. The zero-order valence-corrected chi connectivity index (χ0v) is 12.8. The average Bonchev–Trinajstić information content (AvgIpc) is 2.90. The van der Waals surface area contributed by atoms with Crippen LogP contribution in [0.3, 0.4) is 0 Å². The molecule has 102 valence electrons. The molecule has 3 aromatic rings. The van der Waals surface area contributed by atoms with Gasteiger partial charge in [-0.25, -0.2) is 0 Å². The molecule has 3 rings (SSSR count). The molecule has 1 nitrogen and oxygen atoms in total. The summed E-state index contributed by atoms with van der Waals surface area (Å²) < 4.78 is 0. The fraction of sp³-hybridized carbons (Fsp3) is 0.176. The van der Waals surface area contributed by atoms with Crippen LogP contribution in [-0.2, 0) is 0 Å². The van der Waals surface area contributed by atoms with Crippen LogP contribution < -0.4 is 0 Å². The summed E-state index contributed by atoms with van der Waals surface area (Å²) in [5.41, 5.74) is 3.83. The SMILES string of the molecule is CCSC(c1ccc(Cl)cc1)c1c[nH]c2ccccc12. The van der Waals surface area contributed by atoms with Gasteiger partial charge in [-0.1, -0.05) is 48.9 Å². The Morgan fingerprint density at radius 1 is 1.10 bits per heavy atom. The minimum absolute atomic E-state index is 0.341. The Balaban J connectivity index is 2.08. The van der Waals surface area contributed by atoms with Crippen LogP contribution in [0.25, 0.3) is 10.9 Å². The lowest BCUT2D eigenvalue weighted by atomic mass is 10.0. The molecule has 1 N–H and O–H groups in total. The highest BCUT2D eigenvalue weighted by Gasteiger charge is 2.17. The number of thioether (sulfide) groups is 1. The monoisotopic (exact) mass is 301 g/mol. The third kappa shape index (κ3) is 2.58. The Kier molecular flexibility index (Phi) is 4.04. The van der Waals surface area contributed by atoms with Crippen LogP contribution >= 0.6 is 23.4 Å². The van der Waals surface area contributed by atoms with Crippen molar-refractivity contribution in [2.75, 3.05) is 5.75 Å². The second-order valence-electron chi connectivity index (χ2n) is 4.68. The maximum Gasteiger partial charge on any atom is 0.0567 e. The van der Waals surface area contributed by atoms with E-state index in [1.54, 1.807) is 0 Å². The number of hydrogen-bond acceptors (Lipinski definition) is 1. The van der Waals surface area contributed by atoms with Crippen molar-refractivity contribution in [1.82, 2.24) is 4.98 Å². The first-order valence-electron chi connectivity index (χ1n) is 6.72. The normalized spacial score (nSPS) is 12.7. The first-order valence-corrected chi connectivity index (χ1v) is 8.15. The molecule has 3 heteroatoms. The summed E-state index contributed by atoms with van der Waals surface area (Å²) in [7, 11) is 0. The molecule has 0 spiro atoms. The second-order valence-corrected chi connectivity index (χ2v) is 6.50. The maximum absolute atomic E-state index is 6.00. The van der Waals surface area contributed by atoms with Crippen molar-refractivity contribution in [2.45, 2.75) is 12.2 Å². The number of benzene rings is 2. The number of aromatic nitrogens is 1. The van der Waals surface area contributed by atoms with Gasteiger partial charge in [0.05, 0.1) is 5.25 Å². The van der Waals surface area contributed by atoms with Gasteiger partial charge in [0, 0.05) is 22.1 Å². The van der Waals surface area contributed by atoms with E-state index in [-0.39, 0.29) is 0 Å². The van der Waals surface area contributed by atoms with E-state index >= 15 is 0 Å². The Labute approximate surface area is 128 Å². The van der Waals surface area contributed by atoms with Gasteiger partial charge < -0.3 is 4.98 Å². The molecular formula is C17H16ClNS. The van der Waals surface area contributed by atoms with Gasteiger partial charge in [0.2, 0.25) is 0 Å². The summed E-state index contributed by atoms with van der Waals surface area (Å²) >= 11 is 7.95. The third-order valence-electron chi connectivity index (χ3n) is 3.41. The van der Waals surface area contributed by atoms with Crippen LogP contribution in [0, 0.1) is 0 Å². The van der Waals surface area contributed by atoms with Crippen molar-refractivity contribution in [3.8, 4) is 0 Å². The number of fused-ring (bicyclic) bond motifs is 1. The van der Waals surface area contributed by atoms with E-state index in [9.17, 15) is 0 Å². The zero-order chi connectivity index (χ0) is 13.9. The van der Waals surface area contributed by atoms with Crippen molar-refractivity contribution in [1.29, 1.82) is 0 Å². The van der Waals surface area contributed by atoms with Gasteiger partial charge in [-0.05, 0) is 35.1 Å². The van der Waals surface area contributed by atoms with Crippen LogP contribution in [0.5, 0.6) is 0 Å². The van der Waals surface area contributed by atoms with E-state index in [0.717, 1.165) is 10.8 Å². The molecular weight excluding hydrogens is 286 g/mol. The molecule has 0 fully saturated rings. The van der Waals surface area contributed by atoms with Gasteiger partial charge in [-0.3, -0.25) is 0 Å². The van der Waals surface area contributed by atoms with Crippen LogP contribution in [0.4, 0.5) is 0 Å². The molecule has 0 amide bonds. The minimum Gasteiger partial charge on any atom is -0.361 e. The predicted octanol–water partition coefficient (Wildman–Crippen LogP) is 5.66. The van der Waals surface area contributed by atoms with E-state index in [4.69, 9.17) is 11.6 Å². The largest absolute Gasteiger partial charge is 0.361 e. The first kappa shape index (κ1) is 13.6. The lowest BCUT2D eigenvalue weighted by Gasteiger charge is -2.16. The summed E-state index contributed by atoms with van der Waals surface area (Å²) in [4.78, 5) is 3.37. The van der Waals surface area contributed by atoms with Crippen molar-refractivity contribution in [3.05, 3.63) is 70.9 Å². The van der Waals surface area contributed by atoms with Crippen molar-refractivity contribution in [2.24, 2.45) is 0 Å². The number of rotatable bonds is 4. The smallest absolute Gasteiger partial charge is 0.0567 e. The Morgan fingerprint density at radius 3 is 2.60 bits per heavy atom. The molecule has 0 aliphatic carbocycles. The van der Waals surface area contributed by atoms with E-state index in [1.165, 1.54) is 22.0 Å². The summed E-state index contributed by atoms with van der Waals surface area (Å²) in [5.74, 6) is 1.08. The van der Waals surface area contributed by atoms with Crippen LogP contribution in [-0.4, -0.2) is 10.7 Å². The van der Waals surface area contributed by atoms with E-state index in [0.29, 0.717) is 5.25 Å². The zero-order valence-electron chi connectivity index (χ0n) is 11.3. The van der Waals surface area contributed by atoms with Crippen molar-refractivity contribution >= 4 is 34.3 Å². The van der Waals surface area contributed by atoms with Crippen molar-refractivity contribution < 1.29 is 0 Å². The van der Waals surface area contributed by atoms with Gasteiger partial charge in [-0.2, -0.15) is 0 Å².